The van der Waals surface area contributed by atoms with E-state index in [1.807, 2.05) is 12.1 Å². The summed E-state index contributed by atoms with van der Waals surface area (Å²) in [5.41, 5.74) is 1.86. The van der Waals surface area contributed by atoms with Crippen LogP contribution < -0.4 is 4.83 Å². The molecule has 1 aromatic carbocycles. The van der Waals surface area contributed by atoms with Gasteiger partial charge in [-0.25, -0.2) is 4.52 Å². The number of hydrogen-bond acceptors (Lipinski definition) is 6. The van der Waals surface area contributed by atoms with Crippen LogP contribution in [0.1, 0.15) is 18.1 Å². The summed E-state index contributed by atoms with van der Waals surface area (Å²) >= 11 is 3.38. The summed E-state index contributed by atoms with van der Waals surface area (Å²) in [6, 6.07) is 7.30. The molecule has 0 unspecified atom stereocenters. The van der Waals surface area contributed by atoms with Crippen LogP contribution in [-0.4, -0.2) is 28.7 Å². The molecule has 0 amide bonds. The number of nitro benzene ring substituents is 1. The molecule has 9 nitrogen and oxygen atoms in total. The van der Waals surface area contributed by atoms with Gasteiger partial charge in [0, 0.05) is 28.4 Å². The van der Waals surface area contributed by atoms with Crippen molar-refractivity contribution in [2.24, 2.45) is 5.10 Å². The molecule has 3 rings (SSSR count). The minimum absolute atomic E-state index is 0.198. The number of pyridine rings is 1. The minimum atomic E-state index is -4.07. The number of aromatic nitrogens is 2. The van der Waals surface area contributed by atoms with Gasteiger partial charge in [0.2, 0.25) is 0 Å². The third-order valence-electron chi connectivity index (χ3n) is 3.88. The lowest BCUT2D eigenvalue weighted by molar-refractivity contribution is -0.385. The molecule has 0 aliphatic rings. The number of hydrazone groups is 1. The van der Waals surface area contributed by atoms with Crippen LogP contribution in [0.3, 0.4) is 0 Å². The fourth-order valence-corrected chi connectivity index (χ4v) is 3.92. The Labute approximate surface area is 163 Å². The molecule has 0 spiro atoms. The average molecular weight is 452 g/mol. The van der Waals surface area contributed by atoms with Crippen LogP contribution in [0, 0.1) is 17.0 Å². The van der Waals surface area contributed by atoms with E-state index in [0.717, 1.165) is 16.1 Å². The molecule has 0 radical (unpaired) electrons. The molecule has 3 aromatic rings. The first-order valence-corrected chi connectivity index (χ1v) is 9.91. The third-order valence-corrected chi connectivity index (χ3v) is 5.72. The number of aryl methyl sites for hydroxylation is 1. The van der Waals surface area contributed by atoms with Crippen molar-refractivity contribution in [1.29, 1.82) is 0 Å². The number of nitrogens with one attached hydrogen (secondary N) is 1. The van der Waals surface area contributed by atoms with Crippen LogP contribution in [0.2, 0.25) is 0 Å². The van der Waals surface area contributed by atoms with E-state index in [0.29, 0.717) is 16.8 Å². The number of sulfonamides is 1. The Hall–Kier alpha value is -2.79. The highest BCUT2D eigenvalue weighted by Crippen LogP contribution is 2.22. The molecule has 140 valence electrons. The zero-order chi connectivity index (χ0) is 19.8. The Kier molecular flexibility index (Phi) is 4.98. The first-order valence-electron chi connectivity index (χ1n) is 7.63. The summed E-state index contributed by atoms with van der Waals surface area (Å²) in [6.07, 6.45) is 3.33. The summed E-state index contributed by atoms with van der Waals surface area (Å²) in [7, 11) is -4.07. The van der Waals surface area contributed by atoms with Crippen molar-refractivity contribution in [3.8, 4) is 0 Å². The van der Waals surface area contributed by atoms with Gasteiger partial charge in [-0.15, -0.1) is 0 Å². The largest absolute Gasteiger partial charge is 0.277 e. The van der Waals surface area contributed by atoms with Crippen molar-refractivity contribution in [1.82, 2.24) is 14.4 Å². The van der Waals surface area contributed by atoms with Gasteiger partial charge in [0.05, 0.1) is 27.2 Å². The Morgan fingerprint density at radius 1 is 1.33 bits per heavy atom. The number of non-ortho nitro benzene ring substituents is 1. The first kappa shape index (κ1) is 19.0. The number of fused-ring (bicyclic) bond motifs is 1. The second kappa shape index (κ2) is 7.08. The monoisotopic (exact) mass is 451 g/mol. The Bertz CT molecular complexity index is 1190. The van der Waals surface area contributed by atoms with Crippen LogP contribution in [0.5, 0.6) is 0 Å². The molecule has 27 heavy (non-hydrogen) atoms. The van der Waals surface area contributed by atoms with Crippen LogP contribution in [0.4, 0.5) is 5.69 Å². The number of nitrogens with zero attached hydrogens (tertiary/aromatic N) is 4. The summed E-state index contributed by atoms with van der Waals surface area (Å²) < 4.78 is 27.6. The number of rotatable bonds is 5. The molecule has 0 saturated heterocycles. The minimum Gasteiger partial charge on any atom is -0.258 e. The number of nitro groups is 1. The van der Waals surface area contributed by atoms with Crippen molar-refractivity contribution >= 4 is 42.9 Å². The Morgan fingerprint density at radius 3 is 2.78 bits per heavy atom. The molecule has 11 heteroatoms. The highest BCUT2D eigenvalue weighted by molar-refractivity contribution is 9.10. The zero-order valence-corrected chi connectivity index (χ0v) is 16.7. The van der Waals surface area contributed by atoms with Crippen LogP contribution in [-0.2, 0) is 10.0 Å². The van der Waals surface area contributed by atoms with Gasteiger partial charge in [-0.3, -0.25) is 10.1 Å². The molecular weight excluding hydrogens is 438 g/mol. The van der Waals surface area contributed by atoms with Crippen LogP contribution in [0.15, 0.2) is 57.2 Å². The molecule has 0 atom stereocenters. The maximum Gasteiger partial charge on any atom is 0.277 e. The van der Waals surface area contributed by atoms with E-state index in [2.05, 4.69) is 31.0 Å². The summed E-state index contributed by atoms with van der Waals surface area (Å²) in [5.74, 6) is 0. The quantitative estimate of drug-likeness (QED) is 0.363. The van der Waals surface area contributed by atoms with E-state index in [1.165, 1.54) is 12.1 Å². The van der Waals surface area contributed by atoms with E-state index >= 15 is 0 Å². The van der Waals surface area contributed by atoms with Crippen molar-refractivity contribution in [3.63, 3.8) is 0 Å². The zero-order valence-electron chi connectivity index (χ0n) is 14.2. The fraction of sp³-hybridized carbons (Fsp3) is 0.125. The molecule has 0 bridgehead atoms. The number of halogens is 1. The van der Waals surface area contributed by atoms with Crippen molar-refractivity contribution in [2.45, 2.75) is 18.7 Å². The second-order valence-electron chi connectivity index (χ2n) is 5.73. The van der Waals surface area contributed by atoms with Gasteiger partial charge in [0.25, 0.3) is 15.7 Å². The summed E-state index contributed by atoms with van der Waals surface area (Å²) in [6.45, 7) is 3.19. The van der Waals surface area contributed by atoms with E-state index < -0.39 is 14.9 Å². The molecule has 0 aliphatic heterocycles. The van der Waals surface area contributed by atoms with Crippen molar-refractivity contribution in [3.05, 3.63) is 68.4 Å². The highest BCUT2D eigenvalue weighted by Gasteiger charge is 2.20. The Morgan fingerprint density at radius 2 is 2.07 bits per heavy atom. The third kappa shape index (κ3) is 3.83. The SMILES string of the molecule is C/C(=N/NS(=O)(=O)c1cc([N+](=O)[O-])ccc1C)c1cnn2ccc(Br)cc12. The lowest BCUT2D eigenvalue weighted by Crippen LogP contribution is -2.21. The van der Waals surface area contributed by atoms with Crippen molar-refractivity contribution in [2.75, 3.05) is 0 Å². The first-order chi connectivity index (χ1) is 12.7. The molecule has 1 N–H and O–H groups in total. The van der Waals surface area contributed by atoms with E-state index in [4.69, 9.17) is 0 Å². The molecule has 0 saturated carbocycles. The van der Waals surface area contributed by atoms with Crippen LogP contribution >= 0.6 is 15.9 Å². The van der Waals surface area contributed by atoms with Gasteiger partial charge >= 0.3 is 0 Å². The summed E-state index contributed by atoms with van der Waals surface area (Å²) in [4.78, 5) is 12.2. The lowest BCUT2D eigenvalue weighted by Gasteiger charge is -2.07. The number of benzene rings is 1. The lowest BCUT2D eigenvalue weighted by atomic mass is 10.2. The summed E-state index contributed by atoms with van der Waals surface area (Å²) in [5, 5.41) is 19.1. The molecule has 2 aromatic heterocycles. The van der Waals surface area contributed by atoms with Gasteiger partial charge in [-0.1, -0.05) is 22.0 Å². The van der Waals surface area contributed by atoms with E-state index in [1.54, 1.807) is 30.8 Å². The molecule has 0 aliphatic carbocycles. The van der Waals surface area contributed by atoms with Crippen molar-refractivity contribution < 1.29 is 13.3 Å². The molecule has 0 fully saturated rings. The van der Waals surface area contributed by atoms with Crippen LogP contribution in [0.25, 0.3) is 5.52 Å². The number of hydrogen-bond donors (Lipinski definition) is 1. The predicted octanol–water partition coefficient (Wildman–Crippen LogP) is 3.02. The highest BCUT2D eigenvalue weighted by atomic mass is 79.9. The predicted molar refractivity (Wildman–Crippen MR) is 103 cm³/mol. The van der Waals surface area contributed by atoms with Gasteiger partial charge in [0.15, 0.2) is 0 Å². The second-order valence-corrected chi connectivity index (χ2v) is 8.28. The topological polar surface area (TPSA) is 119 Å². The van der Waals surface area contributed by atoms with Gasteiger partial charge in [0.1, 0.15) is 0 Å². The maximum atomic E-state index is 12.6. The van der Waals surface area contributed by atoms with E-state index in [-0.39, 0.29) is 10.6 Å². The normalized spacial score (nSPS) is 12.3. The standard InChI is InChI=1S/C16H14BrN5O4S/c1-10-3-4-13(22(23)24)8-16(10)27(25,26)20-19-11(2)14-9-18-21-6-5-12(17)7-15(14)21/h3-9,20H,1-2H3/b19-11-. The van der Waals surface area contributed by atoms with Gasteiger partial charge in [-0.2, -0.15) is 23.4 Å². The molecular formula is C16H14BrN5O4S. The van der Waals surface area contributed by atoms with E-state index in [9.17, 15) is 18.5 Å². The average Bonchev–Trinajstić information content (AvgIpc) is 3.02. The van der Waals surface area contributed by atoms with Gasteiger partial charge < -0.3 is 0 Å². The Balaban J connectivity index is 1.95. The van der Waals surface area contributed by atoms with Gasteiger partial charge in [-0.05, 0) is 31.5 Å². The fourth-order valence-electron chi connectivity index (χ4n) is 2.46. The smallest absolute Gasteiger partial charge is 0.258 e. The molecule has 2 heterocycles. The maximum absolute atomic E-state index is 12.6.